The van der Waals surface area contributed by atoms with Crippen molar-refractivity contribution in [2.75, 3.05) is 21.1 Å². The highest BCUT2D eigenvalue weighted by Crippen LogP contribution is 2.56. The van der Waals surface area contributed by atoms with Crippen molar-refractivity contribution in [1.82, 2.24) is 20.0 Å². The number of carbonyl (C=O) groups is 2. The van der Waals surface area contributed by atoms with Crippen molar-refractivity contribution in [3.8, 4) is 0 Å². The zero-order valence-electron chi connectivity index (χ0n) is 14.4. The lowest BCUT2D eigenvalue weighted by Gasteiger charge is -2.46. The molecule has 0 bridgehead atoms. The Kier molecular flexibility index (Phi) is 3.09. The van der Waals surface area contributed by atoms with Gasteiger partial charge in [-0.2, -0.15) is 0 Å². The van der Waals surface area contributed by atoms with Gasteiger partial charge < -0.3 is 5.32 Å². The fraction of sp³-hybridized carbons (Fsp3) is 0.263. The van der Waals surface area contributed by atoms with Crippen LogP contribution in [-0.4, -0.2) is 47.9 Å². The van der Waals surface area contributed by atoms with Crippen LogP contribution in [0, 0.1) is 0 Å². The van der Waals surface area contributed by atoms with E-state index in [1.165, 1.54) is 0 Å². The lowest BCUT2D eigenvalue weighted by molar-refractivity contribution is -0.00880. The number of nitrogens with zero attached hydrogens (tertiary/aromatic N) is 3. The van der Waals surface area contributed by atoms with Gasteiger partial charge in [-0.3, -0.25) is 14.7 Å². The molecule has 0 spiro atoms. The Morgan fingerprint density at radius 1 is 0.720 bits per heavy atom. The average molecular weight is 336 g/mol. The third-order valence-electron chi connectivity index (χ3n) is 5.51. The van der Waals surface area contributed by atoms with Crippen LogP contribution in [0.3, 0.4) is 0 Å². The molecule has 2 aliphatic rings. The number of hydrogen-bond acceptors (Lipinski definition) is 2. The van der Waals surface area contributed by atoms with Crippen LogP contribution in [0.1, 0.15) is 11.1 Å². The number of urea groups is 2. The summed E-state index contributed by atoms with van der Waals surface area (Å²) in [6.45, 7) is 0. The van der Waals surface area contributed by atoms with E-state index in [1.807, 2.05) is 60.7 Å². The second kappa shape index (κ2) is 4.99. The fourth-order valence-electron chi connectivity index (χ4n) is 4.42. The average Bonchev–Trinajstić information content (AvgIpc) is 2.99. The van der Waals surface area contributed by atoms with Crippen LogP contribution in [-0.2, 0) is 11.3 Å². The van der Waals surface area contributed by atoms with Gasteiger partial charge in [0, 0.05) is 32.3 Å². The first-order valence-corrected chi connectivity index (χ1v) is 8.16. The molecule has 0 unspecified atom stereocenters. The summed E-state index contributed by atoms with van der Waals surface area (Å²) in [4.78, 5) is 30.7. The van der Waals surface area contributed by atoms with Crippen molar-refractivity contribution in [2.24, 2.45) is 0 Å². The Bertz CT molecular complexity index is 841. The molecule has 0 aromatic heterocycles. The molecule has 6 nitrogen and oxygen atoms in total. The number of nitrogens with one attached hydrogen (secondary N) is 1. The van der Waals surface area contributed by atoms with Gasteiger partial charge >= 0.3 is 12.1 Å². The van der Waals surface area contributed by atoms with E-state index < -0.39 is 11.3 Å². The summed E-state index contributed by atoms with van der Waals surface area (Å²) < 4.78 is 0. The van der Waals surface area contributed by atoms with E-state index in [2.05, 4.69) is 5.32 Å². The SMILES string of the molecule is CN1C(=O)N[C@@]2(c3ccccc3)N(C)C(=O)N(C)[C@]12c1ccccc1. The Morgan fingerprint density at radius 3 is 1.80 bits per heavy atom. The van der Waals surface area contributed by atoms with Gasteiger partial charge in [0.25, 0.3) is 0 Å². The summed E-state index contributed by atoms with van der Waals surface area (Å²) in [6, 6.07) is 19.0. The third-order valence-corrected chi connectivity index (χ3v) is 5.51. The highest BCUT2D eigenvalue weighted by atomic mass is 16.2. The van der Waals surface area contributed by atoms with Gasteiger partial charge in [-0.25, -0.2) is 9.59 Å². The Labute approximate surface area is 146 Å². The van der Waals surface area contributed by atoms with Crippen LogP contribution >= 0.6 is 0 Å². The minimum atomic E-state index is -1.02. The Balaban J connectivity index is 2.11. The van der Waals surface area contributed by atoms with E-state index in [-0.39, 0.29) is 12.1 Å². The first-order valence-electron chi connectivity index (χ1n) is 8.16. The maximum atomic E-state index is 13.0. The first-order chi connectivity index (χ1) is 12.0. The van der Waals surface area contributed by atoms with Gasteiger partial charge in [-0.15, -0.1) is 0 Å². The van der Waals surface area contributed by atoms with Crippen LogP contribution in [0.15, 0.2) is 60.7 Å². The smallest absolute Gasteiger partial charge is 0.307 e. The molecule has 0 saturated carbocycles. The predicted octanol–water partition coefficient (Wildman–Crippen LogP) is 2.34. The van der Waals surface area contributed by atoms with Crippen LogP contribution in [0.5, 0.6) is 0 Å². The molecule has 128 valence electrons. The van der Waals surface area contributed by atoms with Crippen molar-refractivity contribution in [2.45, 2.75) is 11.3 Å². The van der Waals surface area contributed by atoms with E-state index in [0.717, 1.165) is 11.1 Å². The number of benzene rings is 2. The largest absolute Gasteiger partial charge is 0.324 e. The summed E-state index contributed by atoms with van der Waals surface area (Å²) >= 11 is 0. The monoisotopic (exact) mass is 336 g/mol. The molecule has 25 heavy (non-hydrogen) atoms. The maximum Gasteiger partial charge on any atom is 0.324 e. The number of likely N-dealkylation sites (N-methyl/N-ethyl adjacent to an activating group) is 3. The molecule has 2 fully saturated rings. The predicted molar refractivity (Wildman–Crippen MR) is 93.5 cm³/mol. The van der Waals surface area contributed by atoms with Gasteiger partial charge in [-0.05, 0) is 0 Å². The minimum absolute atomic E-state index is 0.153. The molecule has 1 N–H and O–H groups in total. The van der Waals surface area contributed by atoms with Crippen molar-refractivity contribution in [1.29, 1.82) is 0 Å². The number of amides is 4. The maximum absolute atomic E-state index is 13.0. The van der Waals surface area contributed by atoms with Crippen molar-refractivity contribution >= 4 is 12.1 Å². The lowest BCUT2D eigenvalue weighted by Crippen LogP contribution is -2.61. The normalized spacial score (nSPS) is 28.4. The van der Waals surface area contributed by atoms with Gasteiger partial charge in [0.05, 0.1) is 0 Å². The van der Waals surface area contributed by atoms with Crippen LogP contribution < -0.4 is 5.32 Å². The molecule has 0 radical (unpaired) electrons. The summed E-state index contributed by atoms with van der Waals surface area (Å²) in [7, 11) is 5.21. The standard InChI is InChI=1S/C19H20N4O2/c1-21-16(24)20-18(14-10-6-4-7-11-14)19(21,15-12-8-5-9-13-15)23(3)17(25)22(18)2/h4-13H,1-3H3,(H,20,24)/t18-,19-/m0/s1. The van der Waals surface area contributed by atoms with E-state index in [1.54, 1.807) is 35.8 Å². The Morgan fingerprint density at radius 2 is 1.24 bits per heavy atom. The van der Waals surface area contributed by atoms with Crippen molar-refractivity contribution < 1.29 is 9.59 Å². The quantitative estimate of drug-likeness (QED) is 0.915. The first kappa shape index (κ1) is 15.5. The third kappa shape index (κ3) is 1.59. The lowest BCUT2D eigenvalue weighted by atomic mass is 9.81. The van der Waals surface area contributed by atoms with E-state index in [4.69, 9.17) is 0 Å². The Hall–Kier alpha value is -3.02. The number of fused-ring (bicyclic) bond motifs is 1. The fourth-order valence-corrected chi connectivity index (χ4v) is 4.42. The van der Waals surface area contributed by atoms with Gasteiger partial charge in [-0.1, -0.05) is 60.7 Å². The topological polar surface area (TPSA) is 55.9 Å². The number of rotatable bonds is 2. The highest BCUT2D eigenvalue weighted by molar-refractivity contribution is 5.89. The zero-order valence-corrected chi connectivity index (χ0v) is 14.4. The molecular formula is C19H20N4O2. The van der Waals surface area contributed by atoms with Gasteiger partial charge in [0.2, 0.25) is 0 Å². The molecule has 2 atom stereocenters. The molecule has 2 aromatic carbocycles. The van der Waals surface area contributed by atoms with E-state index in [9.17, 15) is 9.59 Å². The molecular weight excluding hydrogens is 316 g/mol. The summed E-state index contributed by atoms with van der Waals surface area (Å²) in [5.41, 5.74) is -0.275. The minimum Gasteiger partial charge on any atom is -0.307 e. The van der Waals surface area contributed by atoms with E-state index >= 15 is 0 Å². The summed E-state index contributed by atoms with van der Waals surface area (Å²) in [6.07, 6.45) is 0. The molecule has 2 aromatic rings. The number of carbonyl (C=O) groups excluding carboxylic acids is 2. The molecule has 6 heteroatoms. The van der Waals surface area contributed by atoms with Crippen molar-refractivity contribution in [3.05, 3.63) is 71.8 Å². The molecule has 0 aliphatic carbocycles. The number of hydrogen-bond donors (Lipinski definition) is 1. The molecule has 4 rings (SSSR count). The highest BCUT2D eigenvalue weighted by Gasteiger charge is 2.74. The second-order valence-electron chi connectivity index (χ2n) is 6.50. The van der Waals surface area contributed by atoms with Crippen LogP contribution in [0.4, 0.5) is 9.59 Å². The summed E-state index contributed by atoms with van der Waals surface area (Å²) in [5, 5.41) is 3.10. The molecule has 2 aliphatic heterocycles. The van der Waals surface area contributed by atoms with E-state index in [0.29, 0.717) is 0 Å². The van der Waals surface area contributed by atoms with Gasteiger partial charge in [0.1, 0.15) is 0 Å². The van der Waals surface area contributed by atoms with Crippen LogP contribution in [0.2, 0.25) is 0 Å². The van der Waals surface area contributed by atoms with Crippen molar-refractivity contribution in [3.63, 3.8) is 0 Å². The molecule has 2 heterocycles. The summed E-state index contributed by atoms with van der Waals surface area (Å²) in [5.74, 6) is 0. The van der Waals surface area contributed by atoms with Gasteiger partial charge in [0.15, 0.2) is 11.3 Å². The second-order valence-corrected chi connectivity index (χ2v) is 6.50. The van der Waals surface area contributed by atoms with Crippen LogP contribution in [0.25, 0.3) is 0 Å². The molecule has 4 amide bonds. The molecule has 2 saturated heterocycles. The zero-order chi connectivity index (χ0) is 17.8.